The fourth-order valence-corrected chi connectivity index (χ4v) is 5.82. The molecule has 0 radical (unpaired) electrons. The summed E-state index contributed by atoms with van der Waals surface area (Å²) < 4.78 is 31.7. The first-order chi connectivity index (χ1) is 19.2. The minimum Gasteiger partial charge on any atom is -0.482 e. The Hall–Kier alpha value is -3.69. The Morgan fingerprint density at radius 1 is 0.850 bits per heavy atom. The van der Waals surface area contributed by atoms with Gasteiger partial charge in [-0.2, -0.15) is 0 Å². The number of rotatable bonds is 13. The monoisotopic (exact) mass is 579 g/mol. The third-order valence-corrected chi connectivity index (χ3v) is 8.34. The molecule has 0 bridgehead atoms. The van der Waals surface area contributed by atoms with E-state index in [-0.39, 0.29) is 15.5 Å². The zero-order chi connectivity index (χ0) is 28.5. The first-order valence-electron chi connectivity index (χ1n) is 12.7. The van der Waals surface area contributed by atoms with Gasteiger partial charge in [0.05, 0.1) is 15.9 Å². The highest BCUT2D eigenvalue weighted by molar-refractivity contribution is 7.91. The van der Waals surface area contributed by atoms with Gasteiger partial charge in [-0.25, -0.2) is 13.2 Å². The molecule has 0 saturated carbocycles. The predicted molar refractivity (Wildman–Crippen MR) is 153 cm³/mol. The largest absolute Gasteiger partial charge is 0.482 e. The van der Waals surface area contributed by atoms with Crippen LogP contribution in [0.15, 0.2) is 113 Å². The van der Waals surface area contributed by atoms with Gasteiger partial charge in [-0.05, 0) is 71.6 Å². The van der Waals surface area contributed by atoms with Gasteiger partial charge in [-0.1, -0.05) is 66.2 Å². The van der Waals surface area contributed by atoms with Crippen LogP contribution in [0.25, 0.3) is 0 Å². The topological polar surface area (TPSA) is 104 Å². The molecular weight excluding hydrogens is 550 g/mol. The molecular formula is C31H30ClNO6S. The summed E-state index contributed by atoms with van der Waals surface area (Å²) in [6.45, 7) is 1.08. The number of aliphatic hydroxyl groups is 1. The number of sulfone groups is 1. The van der Waals surface area contributed by atoms with Crippen molar-refractivity contribution in [1.82, 2.24) is 4.90 Å². The van der Waals surface area contributed by atoms with Crippen LogP contribution in [0, 0.1) is 0 Å². The highest BCUT2D eigenvalue weighted by atomic mass is 35.5. The molecule has 0 aliphatic carbocycles. The van der Waals surface area contributed by atoms with Crippen LogP contribution in [0.5, 0.6) is 5.75 Å². The minimum absolute atomic E-state index is 0.0858. The third kappa shape index (κ3) is 8.16. The lowest BCUT2D eigenvalue weighted by molar-refractivity contribution is -0.139. The molecule has 4 aromatic carbocycles. The van der Waals surface area contributed by atoms with Crippen molar-refractivity contribution < 1.29 is 28.2 Å². The number of aliphatic hydroxyl groups excluding tert-OH is 1. The van der Waals surface area contributed by atoms with E-state index < -0.39 is 28.5 Å². The Balaban J connectivity index is 1.48. The van der Waals surface area contributed by atoms with Gasteiger partial charge in [0.2, 0.25) is 9.84 Å². The van der Waals surface area contributed by atoms with Crippen LogP contribution in [0.2, 0.25) is 5.02 Å². The van der Waals surface area contributed by atoms with Crippen molar-refractivity contribution in [2.24, 2.45) is 0 Å². The highest BCUT2D eigenvalue weighted by Crippen LogP contribution is 2.25. The Labute approximate surface area is 239 Å². The predicted octanol–water partition coefficient (Wildman–Crippen LogP) is 5.41. The van der Waals surface area contributed by atoms with Gasteiger partial charge < -0.3 is 14.9 Å². The Kier molecular flexibility index (Phi) is 9.95. The first-order valence-corrected chi connectivity index (χ1v) is 14.6. The molecule has 9 heteroatoms. The van der Waals surface area contributed by atoms with E-state index in [0.29, 0.717) is 31.1 Å². The Bertz CT molecular complexity index is 1530. The standard InChI is InChI=1S/C31H30ClNO6S/c32-26-10-5-9-25(19-26)30(34)21-33(20-24-6-2-1-3-7-24)17-16-23-8-4-11-29(18-23)40(37,38)28-14-12-27(13-15-28)39-22-31(35)36/h1-15,18-19,30,34H,16-17,20-22H2,(H,35,36)/t30-/m1/s1. The molecule has 0 heterocycles. The average molecular weight is 580 g/mol. The maximum Gasteiger partial charge on any atom is 0.341 e. The summed E-state index contributed by atoms with van der Waals surface area (Å²) in [6, 6.07) is 29.6. The summed E-state index contributed by atoms with van der Waals surface area (Å²) in [5.41, 5.74) is 2.68. The molecule has 1 atom stereocenters. The van der Waals surface area contributed by atoms with Gasteiger partial charge in [0.1, 0.15) is 5.75 Å². The number of hydrogen-bond acceptors (Lipinski definition) is 6. The number of aliphatic carboxylic acids is 1. The molecule has 0 aliphatic rings. The van der Waals surface area contributed by atoms with Crippen LogP contribution in [-0.4, -0.2) is 49.2 Å². The normalized spacial score (nSPS) is 12.3. The molecule has 0 fully saturated rings. The quantitative estimate of drug-likeness (QED) is 0.218. The van der Waals surface area contributed by atoms with Crippen LogP contribution >= 0.6 is 11.6 Å². The van der Waals surface area contributed by atoms with Crippen molar-refractivity contribution in [3.63, 3.8) is 0 Å². The number of benzene rings is 4. The van der Waals surface area contributed by atoms with Crippen LogP contribution in [0.3, 0.4) is 0 Å². The second-order valence-electron chi connectivity index (χ2n) is 9.35. The van der Waals surface area contributed by atoms with Gasteiger partial charge in [-0.15, -0.1) is 0 Å². The lowest BCUT2D eigenvalue weighted by atomic mass is 10.1. The molecule has 0 spiro atoms. The second-order valence-corrected chi connectivity index (χ2v) is 11.7. The smallest absolute Gasteiger partial charge is 0.341 e. The molecule has 2 N–H and O–H groups in total. The second kappa shape index (κ2) is 13.6. The highest BCUT2D eigenvalue weighted by Gasteiger charge is 2.19. The first kappa shape index (κ1) is 29.3. The maximum absolute atomic E-state index is 13.3. The zero-order valence-electron chi connectivity index (χ0n) is 21.7. The summed E-state index contributed by atoms with van der Waals surface area (Å²) in [4.78, 5) is 13.1. The van der Waals surface area contributed by atoms with E-state index in [1.807, 2.05) is 48.5 Å². The van der Waals surface area contributed by atoms with E-state index in [1.165, 1.54) is 24.3 Å². The molecule has 0 aromatic heterocycles. The van der Waals surface area contributed by atoms with Crippen molar-refractivity contribution >= 4 is 27.4 Å². The zero-order valence-corrected chi connectivity index (χ0v) is 23.3. The van der Waals surface area contributed by atoms with E-state index in [0.717, 1.165) is 16.7 Å². The molecule has 4 rings (SSSR count). The summed E-state index contributed by atoms with van der Waals surface area (Å²) in [5, 5.41) is 20.2. The SMILES string of the molecule is O=C(O)COc1ccc(S(=O)(=O)c2cccc(CCN(Cc3ccccc3)C[C@@H](O)c3cccc(Cl)c3)c2)cc1. The average Bonchev–Trinajstić information content (AvgIpc) is 2.95. The lowest BCUT2D eigenvalue weighted by Crippen LogP contribution is -2.30. The fourth-order valence-electron chi connectivity index (χ4n) is 4.29. The molecule has 208 valence electrons. The van der Waals surface area contributed by atoms with E-state index >= 15 is 0 Å². The van der Waals surface area contributed by atoms with Crippen molar-refractivity contribution in [2.75, 3.05) is 19.7 Å². The number of nitrogens with zero attached hydrogens (tertiary/aromatic N) is 1. The third-order valence-electron chi connectivity index (χ3n) is 6.34. The van der Waals surface area contributed by atoms with Crippen molar-refractivity contribution in [2.45, 2.75) is 28.9 Å². The van der Waals surface area contributed by atoms with Crippen molar-refractivity contribution in [3.05, 3.63) is 125 Å². The number of ether oxygens (including phenoxy) is 1. The molecule has 0 amide bonds. The van der Waals surface area contributed by atoms with Gasteiger partial charge >= 0.3 is 5.97 Å². The number of carboxylic acids is 1. The van der Waals surface area contributed by atoms with Crippen molar-refractivity contribution in [1.29, 1.82) is 0 Å². The van der Waals surface area contributed by atoms with E-state index in [9.17, 15) is 18.3 Å². The summed E-state index contributed by atoms with van der Waals surface area (Å²) >= 11 is 6.12. The Morgan fingerprint density at radius 3 is 2.25 bits per heavy atom. The lowest BCUT2D eigenvalue weighted by Gasteiger charge is -2.26. The van der Waals surface area contributed by atoms with E-state index in [2.05, 4.69) is 4.90 Å². The molecule has 0 saturated heterocycles. The summed E-state index contributed by atoms with van der Waals surface area (Å²) in [5.74, 6) is -0.844. The fraction of sp³-hybridized carbons (Fsp3) is 0.194. The van der Waals surface area contributed by atoms with Gasteiger partial charge in [0, 0.05) is 24.7 Å². The van der Waals surface area contributed by atoms with Crippen LogP contribution in [0.4, 0.5) is 0 Å². The Morgan fingerprint density at radius 2 is 1.55 bits per heavy atom. The molecule has 0 aliphatic heterocycles. The van der Waals surface area contributed by atoms with E-state index in [4.69, 9.17) is 21.4 Å². The summed E-state index contributed by atoms with van der Waals surface area (Å²) in [7, 11) is -3.79. The maximum atomic E-state index is 13.3. The van der Waals surface area contributed by atoms with Gasteiger partial charge in [0.25, 0.3) is 0 Å². The van der Waals surface area contributed by atoms with Crippen LogP contribution in [0.1, 0.15) is 22.8 Å². The van der Waals surface area contributed by atoms with Gasteiger partial charge in [0.15, 0.2) is 6.61 Å². The van der Waals surface area contributed by atoms with Gasteiger partial charge in [-0.3, -0.25) is 4.90 Å². The van der Waals surface area contributed by atoms with Crippen molar-refractivity contribution in [3.8, 4) is 5.75 Å². The molecule has 0 unspecified atom stereocenters. The minimum atomic E-state index is -3.79. The number of carboxylic acid groups (broad SMARTS) is 1. The summed E-state index contributed by atoms with van der Waals surface area (Å²) in [6.07, 6.45) is -0.169. The van der Waals surface area contributed by atoms with Crippen LogP contribution < -0.4 is 4.74 Å². The number of halogens is 1. The van der Waals surface area contributed by atoms with E-state index in [1.54, 1.807) is 30.3 Å². The molecule has 4 aromatic rings. The molecule has 40 heavy (non-hydrogen) atoms. The van der Waals surface area contributed by atoms with Crippen LogP contribution in [-0.2, 0) is 27.6 Å². The number of hydrogen-bond donors (Lipinski definition) is 2. The number of carbonyl (C=O) groups is 1. The molecule has 7 nitrogen and oxygen atoms in total.